The third kappa shape index (κ3) is 4.61. The van der Waals surface area contributed by atoms with Crippen LogP contribution in [-0.2, 0) is 6.42 Å². The summed E-state index contributed by atoms with van der Waals surface area (Å²) in [4.78, 5) is 24.9. The Bertz CT molecular complexity index is 1050. The second-order valence-electron chi connectivity index (χ2n) is 7.00. The Morgan fingerprint density at radius 3 is 2.86 bits per heavy atom. The van der Waals surface area contributed by atoms with Crippen molar-refractivity contribution in [2.75, 3.05) is 23.3 Å². The molecule has 1 saturated heterocycles. The number of thiazole rings is 1. The van der Waals surface area contributed by atoms with Gasteiger partial charge in [0.25, 0.3) is 5.91 Å². The van der Waals surface area contributed by atoms with Crippen LogP contribution >= 0.6 is 11.3 Å². The minimum Gasteiger partial charge on any atom is -0.356 e. The molecule has 146 valence electrons. The molecule has 1 aromatic carbocycles. The van der Waals surface area contributed by atoms with Crippen molar-refractivity contribution >= 4 is 28.2 Å². The van der Waals surface area contributed by atoms with Crippen LogP contribution in [0.25, 0.3) is 0 Å². The number of piperidine rings is 1. The van der Waals surface area contributed by atoms with Gasteiger partial charge in [-0.25, -0.2) is 9.97 Å². The average Bonchev–Trinajstić information content (AvgIpc) is 3.21. The third-order valence-electron chi connectivity index (χ3n) is 4.90. The molecule has 3 heterocycles. The van der Waals surface area contributed by atoms with Gasteiger partial charge in [-0.15, -0.1) is 11.3 Å². The summed E-state index contributed by atoms with van der Waals surface area (Å²) in [7, 11) is 0. The zero-order valence-corrected chi connectivity index (χ0v) is 16.8. The summed E-state index contributed by atoms with van der Waals surface area (Å²) in [6.45, 7) is 1.86. The summed E-state index contributed by atoms with van der Waals surface area (Å²) >= 11 is 1.45. The van der Waals surface area contributed by atoms with E-state index in [0.717, 1.165) is 42.2 Å². The highest BCUT2D eigenvalue weighted by molar-refractivity contribution is 7.15. The maximum Gasteiger partial charge on any atom is 0.261 e. The highest BCUT2D eigenvalue weighted by Gasteiger charge is 2.20. The number of rotatable bonds is 5. The molecule has 0 atom stereocenters. The minimum atomic E-state index is -0.189. The topological polar surface area (TPSA) is 81.9 Å². The van der Waals surface area contributed by atoms with E-state index in [-0.39, 0.29) is 5.91 Å². The molecule has 0 saturated carbocycles. The van der Waals surface area contributed by atoms with Gasteiger partial charge in [-0.2, -0.15) is 5.26 Å². The van der Waals surface area contributed by atoms with Crippen molar-refractivity contribution in [3.63, 3.8) is 0 Å². The van der Waals surface area contributed by atoms with E-state index in [9.17, 15) is 4.79 Å². The lowest BCUT2D eigenvalue weighted by atomic mass is 10.1. The average molecular weight is 404 g/mol. The zero-order chi connectivity index (χ0) is 20.1. The van der Waals surface area contributed by atoms with Gasteiger partial charge in [0.05, 0.1) is 17.2 Å². The zero-order valence-electron chi connectivity index (χ0n) is 16.0. The molecule has 0 aliphatic carbocycles. The van der Waals surface area contributed by atoms with Crippen LogP contribution in [0.15, 0.2) is 48.8 Å². The van der Waals surface area contributed by atoms with Crippen LogP contribution in [0.5, 0.6) is 0 Å². The normalized spacial score (nSPS) is 13.7. The summed E-state index contributed by atoms with van der Waals surface area (Å²) in [6, 6.07) is 13.3. The van der Waals surface area contributed by atoms with Gasteiger partial charge >= 0.3 is 0 Å². The first-order valence-corrected chi connectivity index (χ1v) is 10.5. The van der Waals surface area contributed by atoms with Gasteiger partial charge in [0.1, 0.15) is 5.82 Å². The van der Waals surface area contributed by atoms with Crippen molar-refractivity contribution in [3.8, 4) is 6.07 Å². The molecule has 3 aromatic rings. The van der Waals surface area contributed by atoms with Crippen LogP contribution in [0.2, 0.25) is 0 Å². The fraction of sp³-hybridized carbons (Fsp3) is 0.273. The molecule has 7 heteroatoms. The Balaban J connectivity index is 1.46. The first-order valence-electron chi connectivity index (χ1n) is 9.68. The van der Waals surface area contributed by atoms with E-state index in [4.69, 9.17) is 5.26 Å². The van der Waals surface area contributed by atoms with E-state index in [2.05, 4.69) is 26.3 Å². The smallest absolute Gasteiger partial charge is 0.261 e. The van der Waals surface area contributed by atoms with Crippen molar-refractivity contribution in [2.24, 2.45) is 0 Å². The molecule has 0 unspecified atom stereocenters. The molecular formula is C22H21N5OS. The summed E-state index contributed by atoms with van der Waals surface area (Å²) in [5, 5.41) is 12.5. The van der Waals surface area contributed by atoms with Gasteiger partial charge in [0.2, 0.25) is 0 Å². The number of nitriles is 1. The van der Waals surface area contributed by atoms with Crippen LogP contribution < -0.4 is 10.2 Å². The van der Waals surface area contributed by atoms with Crippen molar-refractivity contribution in [1.29, 1.82) is 5.26 Å². The molecule has 1 amide bonds. The predicted octanol–water partition coefficient (Wildman–Crippen LogP) is 4.24. The second-order valence-corrected chi connectivity index (χ2v) is 8.11. The number of amides is 1. The van der Waals surface area contributed by atoms with Gasteiger partial charge < -0.3 is 4.90 Å². The number of nitrogens with zero attached hydrogens (tertiary/aromatic N) is 4. The third-order valence-corrected chi connectivity index (χ3v) is 5.81. The Morgan fingerprint density at radius 2 is 2.03 bits per heavy atom. The van der Waals surface area contributed by atoms with Gasteiger partial charge in [-0.3, -0.25) is 10.1 Å². The number of aromatic nitrogens is 2. The molecule has 4 rings (SSSR count). The highest BCUT2D eigenvalue weighted by atomic mass is 32.1. The Labute approximate surface area is 173 Å². The number of hydrogen-bond donors (Lipinski definition) is 1. The maximum atomic E-state index is 12.9. The summed E-state index contributed by atoms with van der Waals surface area (Å²) in [5.74, 6) is 0.556. The Morgan fingerprint density at radius 1 is 1.17 bits per heavy atom. The SMILES string of the molecule is N#Cc1cccc(Cc2cnc(NC(=O)c3cccnc3N3CCCCC3)s2)c1. The van der Waals surface area contributed by atoms with Crippen LogP contribution in [0.1, 0.15) is 45.6 Å². The first-order chi connectivity index (χ1) is 14.2. The molecule has 6 nitrogen and oxygen atoms in total. The molecule has 1 aliphatic heterocycles. The number of hydrogen-bond acceptors (Lipinski definition) is 6. The van der Waals surface area contributed by atoms with Crippen LogP contribution in [0.4, 0.5) is 10.9 Å². The fourth-order valence-corrected chi connectivity index (χ4v) is 4.34. The van der Waals surface area contributed by atoms with Gasteiger partial charge in [0.15, 0.2) is 5.13 Å². The van der Waals surface area contributed by atoms with E-state index in [1.54, 1.807) is 24.5 Å². The van der Waals surface area contributed by atoms with Gasteiger partial charge in [0, 0.05) is 36.8 Å². The van der Waals surface area contributed by atoms with E-state index < -0.39 is 0 Å². The lowest BCUT2D eigenvalue weighted by Gasteiger charge is -2.28. The van der Waals surface area contributed by atoms with E-state index in [1.807, 2.05) is 24.3 Å². The van der Waals surface area contributed by atoms with Crippen molar-refractivity contribution in [2.45, 2.75) is 25.7 Å². The molecule has 0 radical (unpaired) electrons. The Hall–Kier alpha value is -3.24. The van der Waals surface area contributed by atoms with Crippen molar-refractivity contribution in [3.05, 3.63) is 70.4 Å². The lowest BCUT2D eigenvalue weighted by Crippen LogP contribution is -2.32. The Kier molecular flexibility index (Phi) is 5.82. The number of nitrogens with one attached hydrogen (secondary N) is 1. The van der Waals surface area contributed by atoms with Crippen molar-refractivity contribution < 1.29 is 4.79 Å². The highest BCUT2D eigenvalue weighted by Crippen LogP contribution is 2.25. The van der Waals surface area contributed by atoms with Crippen LogP contribution in [-0.4, -0.2) is 29.0 Å². The van der Waals surface area contributed by atoms with E-state index in [1.165, 1.54) is 17.8 Å². The summed E-state index contributed by atoms with van der Waals surface area (Å²) in [6.07, 6.45) is 7.66. The maximum absolute atomic E-state index is 12.9. The van der Waals surface area contributed by atoms with Gasteiger partial charge in [-0.1, -0.05) is 12.1 Å². The lowest BCUT2D eigenvalue weighted by molar-refractivity contribution is 0.102. The quantitative estimate of drug-likeness (QED) is 0.689. The summed E-state index contributed by atoms with van der Waals surface area (Å²) in [5.41, 5.74) is 2.26. The largest absolute Gasteiger partial charge is 0.356 e. The minimum absolute atomic E-state index is 0.189. The fourth-order valence-electron chi connectivity index (χ4n) is 3.50. The first kappa shape index (κ1) is 19.1. The summed E-state index contributed by atoms with van der Waals surface area (Å²) < 4.78 is 0. The number of pyridine rings is 1. The monoisotopic (exact) mass is 403 g/mol. The molecule has 1 N–H and O–H groups in total. The molecule has 1 fully saturated rings. The predicted molar refractivity (Wildman–Crippen MR) is 114 cm³/mol. The molecular weight excluding hydrogens is 382 g/mol. The number of carbonyl (C=O) groups excluding carboxylic acids is 1. The van der Waals surface area contributed by atoms with Crippen LogP contribution in [0, 0.1) is 11.3 Å². The number of benzene rings is 1. The standard InChI is InChI=1S/C22H21N5OS/c23-14-17-7-4-6-16(12-17)13-18-15-25-22(29-18)26-21(28)19-8-5-9-24-20(19)27-10-2-1-3-11-27/h4-9,12,15H,1-3,10-11,13H2,(H,25,26,28). The second kappa shape index (κ2) is 8.84. The molecule has 1 aliphatic rings. The molecule has 2 aromatic heterocycles. The van der Waals surface area contributed by atoms with E-state index in [0.29, 0.717) is 22.7 Å². The number of anilines is 2. The number of carbonyl (C=O) groups is 1. The van der Waals surface area contributed by atoms with Crippen molar-refractivity contribution in [1.82, 2.24) is 9.97 Å². The van der Waals surface area contributed by atoms with E-state index >= 15 is 0 Å². The van der Waals surface area contributed by atoms with Crippen LogP contribution in [0.3, 0.4) is 0 Å². The molecule has 0 spiro atoms. The molecule has 0 bridgehead atoms. The molecule has 29 heavy (non-hydrogen) atoms. The van der Waals surface area contributed by atoms with Gasteiger partial charge in [-0.05, 0) is 49.1 Å².